The van der Waals surface area contributed by atoms with Crippen LogP contribution in [0.25, 0.3) is 0 Å². The van der Waals surface area contributed by atoms with Gasteiger partial charge in [-0.1, -0.05) is 48.5 Å². The van der Waals surface area contributed by atoms with Crippen molar-refractivity contribution >= 4 is 45.9 Å². The Morgan fingerprint density at radius 1 is 1.05 bits per heavy atom. The van der Waals surface area contributed by atoms with Crippen molar-refractivity contribution in [2.24, 2.45) is 22.2 Å². The van der Waals surface area contributed by atoms with Crippen molar-refractivity contribution in [1.82, 2.24) is 15.4 Å². The number of carboxylic acid groups (broad SMARTS) is 1. The van der Waals surface area contributed by atoms with Crippen LogP contribution in [0.3, 0.4) is 0 Å². The second kappa shape index (κ2) is 16.7. The fraction of sp³-hybridized carbons (Fsp3) is 0.357. The molecule has 15 nitrogen and oxygen atoms in total. The van der Waals surface area contributed by atoms with Crippen LogP contribution < -0.4 is 32.6 Å². The minimum Gasteiger partial charge on any atom is -0.481 e. The van der Waals surface area contributed by atoms with Gasteiger partial charge in [0, 0.05) is 24.9 Å². The first-order valence-corrected chi connectivity index (χ1v) is 15.2. The van der Waals surface area contributed by atoms with Crippen LogP contribution in [-0.4, -0.2) is 74.1 Å². The molecular weight excluding hydrogens is 592 g/mol. The Morgan fingerprint density at radius 2 is 1.73 bits per heavy atom. The number of amides is 2. The maximum atomic E-state index is 13.8. The number of carbonyl (C=O) groups excluding carboxylic acids is 3. The van der Waals surface area contributed by atoms with Crippen LogP contribution >= 0.6 is 0 Å². The fourth-order valence-electron chi connectivity index (χ4n) is 4.34. The highest BCUT2D eigenvalue weighted by Gasteiger charge is 2.42. The number of sulfonamides is 1. The smallest absolute Gasteiger partial charge is 0.303 e. The topological polar surface area (TPSA) is 273 Å². The van der Waals surface area contributed by atoms with E-state index in [0.29, 0.717) is 29.4 Å². The highest BCUT2D eigenvalue weighted by Crippen LogP contribution is 2.24. The molecule has 0 saturated carbocycles. The Balaban J connectivity index is 2.36. The Kier molecular flexibility index (Phi) is 13.4. The molecule has 0 spiro atoms. The molecule has 2 amide bonds. The number of rotatable bonds is 19. The van der Waals surface area contributed by atoms with Gasteiger partial charge in [0.25, 0.3) is 0 Å². The largest absolute Gasteiger partial charge is 0.481 e. The molecule has 0 fully saturated rings. The van der Waals surface area contributed by atoms with Crippen LogP contribution in [0.2, 0.25) is 0 Å². The van der Waals surface area contributed by atoms with E-state index >= 15 is 0 Å². The van der Waals surface area contributed by atoms with E-state index in [4.69, 9.17) is 22.6 Å². The Labute approximate surface area is 255 Å². The number of nitrogens with one attached hydrogen (secondary N) is 4. The molecule has 0 heterocycles. The number of nitrogen functional groups attached to an aromatic ring is 1. The lowest BCUT2D eigenvalue weighted by Gasteiger charge is -2.33. The molecule has 0 bridgehead atoms. The zero-order valence-corrected chi connectivity index (χ0v) is 24.8. The first-order valence-electron chi connectivity index (χ1n) is 13.5. The molecule has 44 heavy (non-hydrogen) atoms. The monoisotopic (exact) mass is 630 g/mol. The average Bonchev–Trinajstić information content (AvgIpc) is 2.96. The van der Waals surface area contributed by atoms with Crippen molar-refractivity contribution in [2.45, 2.75) is 49.4 Å². The van der Waals surface area contributed by atoms with Crippen molar-refractivity contribution in [3.05, 3.63) is 71.3 Å². The molecule has 0 aliphatic heterocycles. The third-order valence-corrected chi connectivity index (χ3v) is 7.80. The molecule has 0 aliphatic carbocycles. The Morgan fingerprint density at radius 3 is 2.34 bits per heavy atom. The lowest BCUT2D eigenvalue weighted by atomic mass is 9.85. The maximum absolute atomic E-state index is 13.8. The molecule has 2 aromatic carbocycles. The summed E-state index contributed by atoms with van der Waals surface area (Å²) in [5.74, 6) is -3.88. The molecule has 0 saturated heterocycles. The predicted octanol–water partition coefficient (Wildman–Crippen LogP) is -0.910. The number of guanidine groups is 1. The highest BCUT2D eigenvalue weighted by molar-refractivity contribution is 7.88. The van der Waals surface area contributed by atoms with Gasteiger partial charge in [-0.25, -0.2) is 8.42 Å². The number of nitrogens with two attached hydrogens (primary N) is 3. The standard InChI is InChI=1S/C28H38N8O7S/c29-25(30)21-9-4-8-20(14-21)15-28(12-11-24(39)40,36-44(42,43)18-19-6-2-1-3-7-19)26(41)34-16-23(38)35-22(17-37)10-5-13-33-27(31)32/h1-4,6-9,14,17,22,36H,5,10-13,15-16,18H2,(H3,29,30)(H,34,41)(H,35,38)(H,39,40)(H4,31,32,33)/t22-,28+/m0/s1. The second-order valence-corrected chi connectivity index (χ2v) is 11.8. The van der Waals surface area contributed by atoms with Gasteiger partial charge in [0.1, 0.15) is 17.7 Å². The van der Waals surface area contributed by atoms with Gasteiger partial charge in [-0.2, -0.15) is 4.72 Å². The number of aldehydes is 1. The number of benzene rings is 2. The van der Waals surface area contributed by atoms with Crippen LogP contribution in [0, 0.1) is 5.41 Å². The number of carbonyl (C=O) groups is 4. The Bertz CT molecular complexity index is 1460. The van der Waals surface area contributed by atoms with E-state index in [1.165, 1.54) is 6.07 Å². The molecule has 0 unspecified atom stereocenters. The quantitative estimate of drug-likeness (QED) is 0.0409. The van der Waals surface area contributed by atoms with E-state index in [2.05, 4.69) is 20.3 Å². The van der Waals surface area contributed by atoms with Crippen LogP contribution in [0.4, 0.5) is 0 Å². The molecule has 0 radical (unpaired) electrons. The third kappa shape index (κ3) is 12.2. The summed E-state index contributed by atoms with van der Waals surface area (Å²) in [7, 11) is -4.26. The minimum atomic E-state index is -4.26. The SMILES string of the molecule is N=C(N)c1cccc(C[C@@](CCC(=O)O)(NS(=O)(=O)Cc2ccccc2)C(=O)NCC(=O)N[C@H](C=O)CCCN=C(N)N)c1. The van der Waals surface area contributed by atoms with E-state index in [1.807, 2.05) is 0 Å². The third-order valence-electron chi connectivity index (χ3n) is 6.38. The van der Waals surface area contributed by atoms with Gasteiger partial charge >= 0.3 is 5.97 Å². The molecule has 2 rings (SSSR count). The van der Waals surface area contributed by atoms with Gasteiger partial charge in [0.05, 0.1) is 18.3 Å². The lowest BCUT2D eigenvalue weighted by molar-refractivity contribution is -0.138. The molecule has 16 heteroatoms. The van der Waals surface area contributed by atoms with Crippen molar-refractivity contribution in [1.29, 1.82) is 5.41 Å². The zero-order chi connectivity index (χ0) is 32.8. The summed E-state index contributed by atoms with van der Waals surface area (Å²) in [6.45, 7) is -0.404. The van der Waals surface area contributed by atoms with Crippen molar-refractivity contribution in [2.75, 3.05) is 13.1 Å². The van der Waals surface area contributed by atoms with E-state index in [-0.39, 0.29) is 31.2 Å². The van der Waals surface area contributed by atoms with E-state index < -0.39 is 64.5 Å². The van der Waals surface area contributed by atoms with Gasteiger partial charge in [0.2, 0.25) is 21.8 Å². The van der Waals surface area contributed by atoms with E-state index in [1.54, 1.807) is 48.5 Å². The summed E-state index contributed by atoms with van der Waals surface area (Å²) < 4.78 is 29.2. The fourth-order valence-corrected chi connectivity index (χ4v) is 5.91. The first-order chi connectivity index (χ1) is 20.7. The average molecular weight is 631 g/mol. The summed E-state index contributed by atoms with van der Waals surface area (Å²) in [5.41, 5.74) is 15.2. The lowest BCUT2D eigenvalue weighted by Crippen LogP contribution is -2.61. The maximum Gasteiger partial charge on any atom is 0.303 e. The van der Waals surface area contributed by atoms with Crippen molar-refractivity contribution in [3.63, 3.8) is 0 Å². The number of nitrogens with zero attached hydrogens (tertiary/aromatic N) is 1. The molecule has 11 N–H and O–H groups in total. The zero-order valence-electron chi connectivity index (χ0n) is 24.0. The van der Waals surface area contributed by atoms with Gasteiger partial charge in [-0.3, -0.25) is 24.8 Å². The van der Waals surface area contributed by atoms with Crippen molar-refractivity contribution in [3.8, 4) is 0 Å². The molecule has 0 aliphatic rings. The molecule has 2 aromatic rings. The summed E-state index contributed by atoms with van der Waals surface area (Å²) in [4.78, 5) is 53.3. The number of hydrogen-bond acceptors (Lipinski definition) is 8. The minimum absolute atomic E-state index is 0.113. The molecule has 0 aromatic heterocycles. The second-order valence-electron chi connectivity index (χ2n) is 10.1. The number of amidine groups is 1. The summed E-state index contributed by atoms with van der Waals surface area (Å²) in [6.07, 6.45) is -0.279. The summed E-state index contributed by atoms with van der Waals surface area (Å²) >= 11 is 0. The number of hydrogen-bond donors (Lipinski definition) is 8. The highest BCUT2D eigenvalue weighted by atomic mass is 32.2. The van der Waals surface area contributed by atoms with Gasteiger partial charge < -0.3 is 37.7 Å². The number of aliphatic carboxylic acids is 1. The molecule has 2 atom stereocenters. The summed E-state index contributed by atoms with van der Waals surface area (Å²) in [6, 6.07) is 13.4. The van der Waals surface area contributed by atoms with Crippen molar-refractivity contribution < 1.29 is 32.7 Å². The molecule has 238 valence electrons. The van der Waals surface area contributed by atoms with Gasteiger partial charge in [-0.15, -0.1) is 0 Å². The normalized spacial score (nSPS) is 13.1. The number of carboxylic acids is 1. The van der Waals surface area contributed by atoms with Crippen LogP contribution in [0.1, 0.15) is 42.4 Å². The van der Waals surface area contributed by atoms with Crippen LogP contribution in [0.15, 0.2) is 59.6 Å². The van der Waals surface area contributed by atoms with E-state index in [0.717, 1.165) is 0 Å². The summed E-state index contributed by atoms with van der Waals surface area (Å²) in [5, 5.41) is 22.1. The van der Waals surface area contributed by atoms with E-state index in [9.17, 15) is 32.7 Å². The molecular formula is C28H38N8O7S. The van der Waals surface area contributed by atoms with Gasteiger partial charge in [0.15, 0.2) is 5.96 Å². The number of aliphatic imine (C=N–C) groups is 1. The van der Waals surface area contributed by atoms with Crippen LogP contribution in [0.5, 0.6) is 0 Å². The van der Waals surface area contributed by atoms with Gasteiger partial charge in [-0.05, 0) is 36.5 Å². The first kappa shape index (κ1) is 35.4. The predicted molar refractivity (Wildman–Crippen MR) is 164 cm³/mol. The van der Waals surface area contributed by atoms with Crippen LogP contribution in [-0.2, 0) is 41.4 Å². The Hall–Kier alpha value is -4.83.